The normalized spacial score (nSPS) is 16.0. The van der Waals surface area contributed by atoms with Crippen molar-refractivity contribution in [2.45, 2.75) is 37.1 Å². The monoisotopic (exact) mass is 474 g/mol. The van der Waals surface area contributed by atoms with Gasteiger partial charge in [-0.2, -0.15) is 0 Å². The van der Waals surface area contributed by atoms with E-state index in [2.05, 4.69) is 29.6 Å². The van der Waals surface area contributed by atoms with Crippen molar-refractivity contribution in [1.29, 1.82) is 0 Å². The maximum atomic E-state index is 13.5. The number of amides is 2. The van der Waals surface area contributed by atoms with E-state index in [0.717, 1.165) is 24.8 Å². The average Bonchev–Trinajstić information content (AvgIpc) is 2.89. The minimum Gasteiger partial charge on any atom is -0.342 e. The van der Waals surface area contributed by atoms with E-state index in [1.54, 1.807) is 0 Å². The summed E-state index contributed by atoms with van der Waals surface area (Å²) in [5.41, 5.74) is 3.07. The van der Waals surface area contributed by atoms with Crippen LogP contribution in [0.1, 0.15) is 34.9 Å². The molecule has 1 fully saturated rings. The molecule has 5 heteroatoms. The number of halogens is 1. The van der Waals surface area contributed by atoms with Crippen LogP contribution >= 0.6 is 11.6 Å². The second kappa shape index (κ2) is 11.8. The highest BCUT2D eigenvalue weighted by Gasteiger charge is 2.31. The summed E-state index contributed by atoms with van der Waals surface area (Å²) < 4.78 is 0. The van der Waals surface area contributed by atoms with E-state index in [1.807, 2.05) is 71.6 Å². The predicted octanol–water partition coefficient (Wildman–Crippen LogP) is 5.18. The molecule has 1 heterocycles. The Labute approximate surface area is 206 Å². The largest absolute Gasteiger partial charge is 0.342 e. The van der Waals surface area contributed by atoms with Crippen LogP contribution in [0.4, 0.5) is 0 Å². The van der Waals surface area contributed by atoms with E-state index in [0.29, 0.717) is 31.0 Å². The van der Waals surface area contributed by atoms with E-state index >= 15 is 0 Å². The number of hydrogen-bond acceptors (Lipinski definition) is 2. The third kappa shape index (κ3) is 6.48. The zero-order valence-corrected chi connectivity index (χ0v) is 20.0. The third-order valence-corrected chi connectivity index (χ3v) is 6.96. The van der Waals surface area contributed by atoms with Crippen molar-refractivity contribution in [3.8, 4) is 0 Å². The van der Waals surface area contributed by atoms with Gasteiger partial charge in [0.05, 0.1) is 0 Å². The standard InChI is InChI=1S/C29H31ClN2O2/c30-27(25-14-8-3-9-15-25)28(33)31-26(21-23-12-6-2-7-13-23)29(34)32-18-16-24(17-19-32)20-22-10-4-1-5-11-22/h1-15,24,26-27H,16-21H2,(H,31,33). The van der Waals surface area contributed by atoms with Gasteiger partial charge >= 0.3 is 0 Å². The van der Waals surface area contributed by atoms with Crippen LogP contribution in [0.3, 0.4) is 0 Å². The van der Waals surface area contributed by atoms with Crippen LogP contribution in [-0.2, 0) is 22.4 Å². The molecule has 1 saturated heterocycles. The number of nitrogens with one attached hydrogen (secondary N) is 1. The summed E-state index contributed by atoms with van der Waals surface area (Å²) in [4.78, 5) is 28.4. The van der Waals surface area contributed by atoms with Crippen LogP contribution in [0.25, 0.3) is 0 Å². The van der Waals surface area contributed by atoms with E-state index in [1.165, 1.54) is 5.56 Å². The smallest absolute Gasteiger partial charge is 0.245 e. The Morgan fingerprint density at radius 2 is 1.35 bits per heavy atom. The summed E-state index contributed by atoms with van der Waals surface area (Å²) in [6.07, 6.45) is 3.41. The molecular weight excluding hydrogens is 444 g/mol. The summed E-state index contributed by atoms with van der Waals surface area (Å²) in [6.45, 7) is 1.42. The first-order chi connectivity index (χ1) is 16.6. The van der Waals surface area contributed by atoms with Gasteiger partial charge in [0.15, 0.2) is 0 Å². The molecule has 2 amide bonds. The van der Waals surface area contributed by atoms with Gasteiger partial charge in [-0.15, -0.1) is 11.6 Å². The van der Waals surface area contributed by atoms with Gasteiger partial charge in [-0.25, -0.2) is 0 Å². The zero-order chi connectivity index (χ0) is 23.8. The minimum absolute atomic E-state index is 0.0349. The van der Waals surface area contributed by atoms with Gasteiger partial charge < -0.3 is 10.2 Å². The fourth-order valence-electron chi connectivity index (χ4n) is 4.59. The molecule has 0 aliphatic carbocycles. The van der Waals surface area contributed by atoms with Crippen molar-refractivity contribution in [3.05, 3.63) is 108 Å². The van der Waals surface area contributed by atoms with E-state index in [4.69, 9.17) is 11.6 Å². The molecule has 34 heavy (non-hydrogen) atoms. The summed E-state index contributed by atoms with van der Waals surface area (Å²) in [7, 11) is 0. The molecule has 0 saturated carbocycles. The van der Waals surface area contributed by atoms with Gasteiger partial charge in [0.1, 0.15) is 11.4 Å². The lowest BCUT2D eigenvalue weighted by atomic mass is 9.90. The molecule has 0 aromatic heterocycles. The fraction of sp³-hybridized carbons (Fsp3) is 0.310. The van der Waals surface area contributed by atoms with Gasteiger partial charge in [0, 0.05) is 19.5 Å². The molecule has 2 unspecified atom stereocenters. The van der Waals surface area contributed by atoms with Gasteiger partial charge in [-0.1, -0.05) is 91.0 Å². The number of likely N-dealkylation sites (tertiary alicyclic amines) is 1. The van der Waals surface area contributed by atoms with E-state index in [-0.39, 0.29) is 11.8 Å². The Morgan fingerprint density at radius 3 is 1.94 bits per heavy atom. The van der Waals surface area contributed by atoms with Crippen molar-refractivity contribution >= 4 is 23.4 Å². The van der Waals surface area contributed by atoms with Crippen molar-refractivity contribution < 1.29 is 9.59 Å². The molecule has 2 atom stereocenters. The average molecular weight is 475 g/mol. The lowest BCUT2D eigenvalue weighted by molar-refractivity contribution is -0.137. The molecule has 1 aliphatic heterocycles. The molecule has 4 rings (SSSR count). The maximum absolute atomic E-state index is 13.5. The molecule has 1 N–H and O–H groups in total. The number of alkyl halides is 1. The van der Waals surface area contributed by atoms with Crippen LogP contribution in [0.15, 0.2) is 91.0 Å². The van der Waals surface area contributed by atoms with Crippen molar-refractivity contribution in [2.24, 2.45) is 5.92 Å². The molecular formula is C29H31ClN2O2. The molecule has 3 aromatic carbocycles. The number of piperidine rings is 1. The first-order valence-corrected chi connectivity index (χ1v) is 12.4. The molecule has 0 bridgehead atoms. The maximum Gasteiger partial charge on any atom is 0.245 e. The number of nitrogens with zero attached hydrogens (tertiary/aromatic N) is 1. The van der Waals surface area contributed by atoms with Crippen molar-refractivity contribution in [1.82, 2.24) is 10.2 Å². The highest BCUT2D eigenvalue weighted by Crippen LogP contribution is 2.24. The highest BCUT2D eigenvalue weighted by atomic mass is 35.5. The minimum atomic E-state index is -0.844. The number of hydrogen-bond donors (Lipinski definition) is 1. The summed E-state index contributed by atoms with van der Waals surface area (Å²) in [6, 6.07) is 28.9. The fourth-order valence-corrected chi connectivity index (χ4v) is 4.80. The molecule has 176 valence electrons. The van der Waals surface area contributed by atoms with Crippen molar-refractivity contribution in [2.75, 3.05) is 13.1 Å². The lowest BCUT2D eigenvalue weighted by Crippen LogP contribution is -2.52. The number of benzene rings is 3. The summed E-state index contributed by atoms with van der Waals surface area (Å²) >= 11 is 6.45. The van der Waals surface area contributed by atoms with E-state index in [9.17, 15) is 9.59 Å². The quantitative estimate of drug-likeness (QED) is 0.457. The van der Waals surface area contributed by atoms with Crippen LogP contribution < -0.4 is 5.32 Å². The molecule has 3 aromatic rings. The number of rotatable bonds is 8. The van der Waals surface area contributed by atoms with Crippen LogP contribution in [0.5, 0.6) is 0 Å². The van der Waals surface area contributed by atoms with Gasteiger partial charge in [-0.05, 0) is 41.9 Å². The highest BCUT2D eigenvalue weighted by molar-refractivity contribution is 6.30. The summed E-state index contributed by atoms with van der Waals surface area (Å²) in [5.74, 6) is 0.187. The second-order valence-corrected chi connectivity index (χ2v) is 9.42. The van der Waals surface area contributed by atoms with Crippen molar-refractivity contribution in [3.63, 3.8) is 0 Å². The topological polar surface area (TPSA) is 49.4 Å². The molecule has 4 nitrogen and oxygen atoms in total. The predicted molar refractivity (Wildman–Crippen MR) is 137 cm³/mol. The first-order valence-electron chi connectivity index (χ1n) is 12.0. The molecule has 1 aliphatic rings. The van der Waals surface area contributed by atoms with Gasteiger partial charge in [0.25, 0.3) is 0 Å². The van der Waals surface area contributed by atoms with E-state index < -0.39 is 11.4 Å². The number of carbonyl (C=O) groups excluding carboxylic acids is 2. The van der Waals surface area contributed by atoms with Gasteiger partial charge in [-0.3, -0.25) is 9.59 Å². The third-order valence-electron chi connectivity index (χ3n) is 6.51. The Kier molecular flexibility index (Phi) is 8.37. The summed E-state index contributed by atoms with van der Waals surface area (Å²) in [5, 5.41) is 2.11. The molecule has 0 radical (unpaired) electrons. The lowest BCUT2D eigenvalue weighted by Gasteiger charge is -2.34. The van der Waals surface area contributed by atoms with Crippen LogP contribution in [-0.4, -0.2) is 35.8 Å². The van der Waals surface area contributed by atoms with Crippen LogP contribution in [0, 0.1) is 5.92 Å². The Morgan fingerprint density at radius 1 is 0.824 bits per heavy atom. The Hall–Kier alpha value is -3.11. The Balaban J connectivity index is 1.41. The van der Waals surface area contributed by atoms with Crippen LogP contribution in [0.2, 0.25) is 0 Å². The number of carbonyl (C=O) groups is 2. The van der Waals surface area contributed by atoms with Gasteiger partial charge in [0.2, 0.25) is 11.8 Å². The Bertz CT molecular complexity index is 1050. The molecule has 0 spiro atoms. The zero-order valence-electron chi connectivity index (χ0n) is 19.3. The first kappa shape index (κ1) is 24.0. The second-order valence-electron chi connectivity index (χ2n) is 8.98. The SMILES string of the molecule is O=C(NC(Cc1ccccc1)C(=O)N1CCC(Cc2ccccc2)CC1)C(Cl)c1ccccc1.